The molecule has 10 heteroatoms. The van der Waals surface area contributed by atoms with E-state index in [1.165, 1.54) is 24.3 Å². The number of esters is 1. The molecule has 0 heterocycles. The summed E-state index contributed by atoms with van der Waals surface area (Å²) in [5.41, 5.74) is 0.710. The number of carbonyl (C=O) groups excluding carboxylic acids is 1. The van der Waals surface area contributed by atoms with E-state index < -0.39 is 29.9 Å². The largest absolute Gasteiger partial charge is 0.478 e. The molecule has 0 aliphatic rings. The fourth-order valence-corrected chi connectivity index (χ4v) is 2.14. The van der Waals surface area contributed by atoms with E-state index in [0.717, 1.165) is 6.92 Å². The lowest BCUT2D eigenvalue weighted by molar-refractivity contribution is -0.293. The zero-order chi connectivity index (χ0) is 25.7. The Labute approximate surface area is 193 Å². The summed E-state index contributed by atoms with van der Waals surface area (Å²) in [7, 11) is 0. The topological polar surface area (TPSA) is 179 Å². The van der Waals surface area contributed by atoms with Crippen molar-refractivity contribution in [3.8, 4) is 0 Å². The highest BCUT2D eigenvalue weighted by Crippen LogP contribution is 2.09. The quantitative estimate of drug-likeness (QED) is 0.275. The van der Waals surface area contributed by atoms with Gasteiger partial charge in [0.1, 0.15) is 0 Å². The molecule has 0 saturated heterocycles. The first-order valence-corrected chi connectivity index (χ1v) is 9.49. The number of carboxylic acids is 3. The van der Waals surface area contributed by atoms with Crippen LogP contribution in [0.4, 0.5) is 0 Å². The number of benzene rings is 3. The molecule has 3 aromatic carbocycles. The van der Waals surface area contributed by atoms with Crippen molar-refractivity contribution < 1.29 is 49.4 Å². The molecule has 0 amide bonds. The molecule has 0 bridgehead atoms. The smallest absolute Gasteiger partial charge is 0.342 e. The Morgan fingerprint density at radius 1 is 0.559 bits per heavy atom. The van der Waals surface area contributed by atoms with Crippen molar-refractivity contribution in [2.24, 2.45) is 0 Å². The molecule has 0 aliphatic carbocycles. The van der Waals surface area contributed by atoms with Crippen molar-refractivity contribution in [3.63, 3.8) is 0 Å². The van der Waals surface area contributed by atoms with Gasteiger partial charge in [0.15, 0.2) is 0 Å². The summed E-state index contributed by atoms with van der Waals surface area (Å²) in [6.45, 7) is 0.885. The summed E-state index contributed by atoms with van der Waals surface area (Å²) in [6.07, 6.45) is 0. The Morgan fingerprint density at radius 3 is 1.12 bits per heavy atom. The minimum Gasteiger partial charge on any atom is -0.478 e. The summed E-state index contributed by atoms with van der Waals surface area (Å²) in [6, 6.07) is 21.5. The number of carboxylic acid groups (broad SMARTS) is 3. The second-order valence-electron chi connectivity index (χ2n) is 6.55. The van der Waals surface area contributed by atoms with Crippen LogP contribution < -0.4 is 0 Å². The lowest BCUT2D eigenvalue weighted by atomic mass is 10.1. The molecule has 178 valence electrons. The summed E-state index contributed by atoms with van der Waals surface area (Å²) < 4.78 is 4.25. The van der Waals surface area contributed by atoms with Crippen molar-refractivity contribution in [3.05, 3.63) is 107 Å². The molecular weight excluding hydrogens is 448 g/mol. The molecule has 0 unspecified atom stereocenters. The van der Waals surface area contributed by atoms with Gasteiger partial charge in [-0.15, -0.1) is 0 Å². The monoisotopic (exact) mass is 470 g/mol. The highest BCUT2D eigenvalue weighted by Gasteiger charge is 2.22. The van der Waals surface area contributed by atoms with E-state index >= 15 is 0 Å². The van der Waals surface area contributed by atoms with Gasteiger partial charge in [0.2, 0.25) is 0 Å². The third-order valence-corrected chi connectivity index (χ3v) is 3.70. The average molecular weight is 470 g/mol. The fraction of sp³-hybridized carbons (Fsp3) is 0.0833. The lowest BCUT2D eigenvalue weighted by Gasteiger charge is -2.15. The first kappa shape index (κ1) is 27.5. The number of carbonyl (C=O) groups is 4. The van der Waals surface area contributed by atoms with Gasteiger partial charge in [-0.3, -0.25) is 0 Å². The molecule has 3 aromatic rings. The average Bonchev–Trinajstić information content (AvgIpc) is 2.80. The van der Waals surface area contributed by atoms with E-state index in [9.17, 15) is 19.2 Å². The molecule has 0 aromatic heterocycles. The van der Waals surface area contributed by atoms with Gasteiger partial charge in [-0.1, -0.05) is 36.4 Å². The SMILES string of the molecule is CC(O)(O)OC(=O)c1ccc(C(=O)O)cc1.O=C(O)c1ccccc1.O=C(O)c1ccccc1. The third kappa shape index (κ3) is 10.7. The van der Waals surface area contributed by atoms with Gasteiger partial charge in [-0.25, -0.2) is 19.2 Å². The van der Waals surface area contributed by atoms with Crippen LogP contribution in [0.1, 0.15) is 48.4 Å². The Kier molecular flexibility index (Phi) is 10.6. The Morgan fingerprint density at radius 2 is 0.853 bits per heavy atom. The zero-order valence-corrected chi connectivity index (χ0v) is 17.9. The molecule has 0 aliphatic heterocycles. The van der Waals surface area contributed by atoms with Crippen molar-refractivity contribution in [1.29, 1.82) is 0 Å². The standard InChI is InChI=1S/C10H10O6.2C7H6O2/c1-10(14,15)16-9(13)7-4-2-6(3-5-7)8(11)12;2*8-7(9)6-4-2-1-3-5-6/h2-5,14-15H,1H3,(H,11,12);2*1-5H,(H,8,9). The second kappa shape index (κ2) is 13.1. The van der Waals surface area contributed by atoms with E-state index in [1.54, 1.807) is 60.7 Å². The minimum atomic E-state index is -2.55. The first-order chi connectivity index (χ1) is 15.9. The summed E-state index contributed by atoms with van der Waals surface area (Å²) in [5, 5.41) is 43.0. The highest BCUT2D eigenvalue weighted by molar-refractivity contribution is 5.92. The van der Waals surface area contributed by atoms with Crippen LogP contribution in [0.2, 0.25) is 0 Å². The van der Waals surface area contributed by atoms with Crippen molar-refractivity contribution >= 4 is 23.9 Å². The zero-order valence-electron chi connectivity index (χ0n) is 17.9. The van der Waals surface area contributed by atoms with Crippen LogP contribution >= 0.6 is 0 Å². The predicted octanol–water partition coefficient (Wildman–Crippen LogP) is 2.97. The number of aliphatic hydroxyl groups is 2. The van der Waals surface area contributed by atoms with E-state index in [0.29, 0.717) is 11.1 Å². The maximum atomic E-state index is 11.3. The normalized spacial score (nSPS) is 9.85. The van der Waals surface area contributed by atoms with Crippen LogP contribution in [0.25, 0.3) is 0 Å². The maximum Gasteiger partial charge on any atom is 0.342 e. The number of hydrogen-bond donors (Lipinski definition) is 5. The Bertz CT molecular complexity index is 1040. The molecule has 0 fully saturated rings. The van der Waals surface area contributed by atoms with Crippen molar-refractivity contribution in [1.82, 2.24) is 0 Å². The molecule has 34 heavy (non-hydrogen) atoms. The van der Waals surface area contributed by atoms with Crippen LogP contribution in [0.15, 0.2) is 84.9 Å². The minimum absolute atomic E-state index is 0.0207. The van der Waals surface area contributed by atoms with E-state index in [-0.39, 0.29) is 11.1 Å². The molecular formula is C24H22O10. The van der Waals surface area contributed by atoms with Gasteiger partial charge in [0.05, 0.1) is 22.3 Å². The van der Waals surface area contributed by atoms with E-state index in [1.807, 2.05) is 0 Å². The van der Waals surface area contributed by atoms with Crippen LogP contribution in [0.5, 0.6) is 0 Å². The molecule has 3 rings (SSSR count). The fourth-order valence-electron chi connectivity index (χ4n) is 2.14. The summed E-state index contributed by atoms with van der Waals surface area (Å²) in [4.78, 5) is 42.2. The lowest BCUT2D eigenvalue weighted by Crippen LogP contribution is -2.30. The number of rotatable bonds is 5. The maximum absolute atomic E-state index is 11.3. The van der Waals surface area contributed by atoms with Gasteiger partial charge in [0.25, 0.3) is 0 Å². The summed E-state index contributed by atoms with van der Waals surface area (Å²) in [5.74, 6) is -6.38. The Hall–Kier alpha value is -4.54. The molecule has 10 nitrogen and oxygen atoms in total. The number of ether oxygens (including phenoxy) is 1. The Balaban J connectivity index is 0.000000274. The van der Waals surface area contributed by atoms with Gasteiger partial charge in [-0.2, -0.15) is 0 Å². The van der Waals surface area contributed by atoms with Crippen LogP contribution in [0.3, 0.4) is 0 Å². The molecule has 0 spiro atoms. The predicted molar refractivity (Wildman–Crippen MR) is 118 cm³/mol. The van der Waals surface area contributed by atoms with Gasteiger partial charge in [0, 0.05) is 6.92 Å². The summed E-state index contributed by atoms with van der Waals surface area (Å²) >= 11 is 0. The third-order valence-electron chi connectivity index (χ3n) is 3.70. The van der Waals surface area contributed by atoms with Crippen molar-refractivity contribution in [2.45, 2.75) is 12.9 Å². The van der Waals surface area contributed by atoms with E-state index in [4.69, 9.17) is 25.5 Å². The first-order valence-electron chi connectivity index (χ1n) is 9.49. The van der Waals surface area contributed by atoms with Crippen LogP contribution in [0, 0.1) is 0 Å². The van der Waals surface area contributed by atoms with Crippen molar-refractivity contribution in [2.75, 3.05) is 0 Å². The van der Waals surface area contributed by atoms with Gasteiger partial charge >= 0.3 is 29.9 Å². The molecule has 0 atom stereocenters. The molecule has 5 N–H and O–H groups in total. The number of aromatic carboxylic acids is 3. The van der Waals surface area contributed by atoms with Gasteiger partial charge in [-0.05, 0) is 48.5 Å². The van der Waals surface area contributed by atoms with Crippen LogP contribution in [-0.2, 0) is 4.74 Å². The molecule has 0 saturated carbocycles. The van der Waals surface area contributed by atoms with E-state index in [2.05, 4.69) is 4.74 Å². The highest BCUT2D eigenvalue weighted by atomic mass is 16.8. The number of hydrogen-bond acceptors (Lipinski definition) is 7. The van der Waals surface area contributed by atoms with Gasteiger partial charge < -0.3 is 30.3 Å². The second-order valence-corrected chi connectivity index (χ2v) is 6.55. The van der Waals surface area contributed by atoms with Crippen LogP contribution in [-0.4, -0.2) is 55.4 Å². The molecule has 0 radical (unpaired) electrons.